The number of aromatic nitrogens is 1. The number of unbranched alkanes of at least 4 members (excludes halogenated alkanes) is 1. The second-order valence-corrected chi connectivity index (χ2v) is 8.11. The van der Waals surface area contributed by atoms with Crippen LogP contribution in [0.2, 0.25) is 5.02 Å². The molecule has 28 heavy (non-hydrogen) atoms. The summed E-state index contributed by atoms with van der Waals surface area (Å²) in [4.78, 5) is 24.3. The summed E-state index contributed by atoms with van der Waals surface area (Å²) < 4.78 is 12.9. The Morgan fingerprint density at radius 2 is 1.75 bits per heavy atom. The Kier molecular flexibility index (Phi) is 6.30. The molecule has 0 amide bonds. The van der Waals surface area contributed by atoms with Crippen molar-refractivity contribution in [2.24, 2.45) is 0 Å². The molecule has 0 unspecified atom stereocenters. The van der Waals surface area contributed by atoms with Gasteiger partial charge < -0.3 is 9.15 Å². The first-order valence-electron chi connectivity index (χ1n) is 9.01. The molecule has 7 heteroatoms. The number of rotatable bonds is 6. The molecule has 0 aliphatic rings. The second kappa shape index (κ2) is 8.53. The smallest absolute Gasteiger partial charge is 0.422 e. The fourth-order valence-corrected chi connectivity index (χ4v) is 4.10. The molecule has 0 atom stereocenters. The first kappa shape index (κ1) is 20.7. The predicted molar refractivity (Wildman–Crippen MR) is 115 cm³/mol. The molecule has 0 aliphatic carbocycles. The first-order valence-corrected chi connectivity index (χ1v) is 10.2. The first-order chi connectivity index (χ1) is 13.3. The van der Waals surface area contributed by atoms with Gasteiger partial charge in [-0.3, -0.25) is 4.57 Å². The minimum Gasteiger partial charge on any atom is -0.494 e. The van der Waals surface area contributed by atoms with Gasteiger partial charge in [-0.05, 0) is 90.5 Å². The van der Waals surface area contributed by atoms with E-state index < -0.39 is 11.4 Å². The number of aryl methyl sites for hydroxylation is 4. The largest absolute Gasteiger partial charge is 0.494 e. The van der Waals surface area contributed by atoms with Gasteiger partial charge in [0.05, 0.1) is 17.5 Å². The molecule has 0 radical (unpaired) electrons. The van der Waals surface area contributed by atoms with Crippen molar-refractivity contribution in [3.05, 3.63) is 71.4 Å². The Hall–Kier alpha value is -2.05. The van der Waals surface area contributed by atoms with Crippen LogP contribution >= 0.6 is 27.5 Å². The van der Waals surface area contributed by atoms with Crippen LogP contribution in [-0.4, -0.2) is 11.2 Å². The number of fused-ring (bicyclic) bond motifs is 1. The zero-order valence-electron chi connectivity index (χ0n) is 16.0. The van der Waals surface area contributed by atoms with Crippen molar-refractivity contribution in [1.82, 2.24) is 4.57 Å². The number of ether oxygens (including phenoxy) is 1. The Morgan fingerprint density at radius 1 is 1.07 bits per heavy atom. The molecule has 1 heterocycles. The molecule has 0 saturated heterocycles. The normalized spacial score (nSPS) is 11.2. The maximum atomic E-state index is 12.2. The third-order valence-electron chi connectivity index (χ3n) is 4.55. The maximum absolute atomic E-state index is 12.2. The van der Waals surface area contributed by atoms with Crippen LogP contribution < -0.4 is 16.1 Å². The van der Waals surface area contributed by atoms with Crippen LogP contribution in [0.5, 0.6) is 5.75 Å². The highest BCUT2D eigenvalue weighted by molar-refractivity contribution is 9.10. The quantitative estimate of drug-likeness (QED) is 0.471. The Balaban J connectivity index is 1.70. The molecule has 0 bridgehead atoms. The topological polar surface area (TPSA) is 61.4 Å². The predicted octanol–water partition coefficient (Wildman–Crippen LogP) is 5.16. The average Bonchev–Trinajstić information content (AvgIpc) is 2.62. The van der Waals surface area contributed by atoms with E-state index in [1.807, 2.05) is 39.0 Å². The number of benzene rings is 2. The van der Waals surface area contributed by atoms with Crippen LogP contribution in [0.1, 0.15) is 29.5 Å². The van der Waals surface area contributed by atoms with E-state index >= 15 is 0 Å². The molecule has 0 saturated carbocycles. The summed E-state index contributed by atoms with van der Waals surface area (Å²) in [6.45, 7) is 6.73. The van der Waals surface area contributed by atoms with E-state index in [1.165, 1.54) is 4.57 Å². The monoisotopic (exact) mass is 465 g/mol. The van der Waals surface area contributed by atoms with Gasteiger partial charge in [-0.25, -0.2) is 9.59 Å². The van der Waals surface area contributed by atoms with E-state index in [1.54, 1.807) is 6.07 Å². The Bertz CT molecular complexity index is 1130. The highest BCUT2D eigenvalue weighted by atomic mass is 79.9. The van der Waals surface area contributed by atoms with Gasteiger partial charge in [-0.1, -0.05) is 11.6 Å². The van der Waals surface area contributed by atoms with Crippen molar-refractivity contribution >= 4 is 38.4 Å². The zero-order valence-corrected chi connectivity index (χ0v) is 18.3. The summed E-state index contributed by atoms with van der Waals surface area (Å²) in [6.07, 6.45) is 1.45. The minimum absolute atomic E-state index is 0.398. The average molecular weight is 467 g/mol. The third kappa shape index (κ3) is 4.33. The van der Waals surface area contributed by atoms with E-state index in [2.05, 4.69) is 15.9 Å². The molecule has 0 N–H and O–H groups in total. The molecule has 3 aromatic rings. The molecule has 1 aromatic heterocycles. The SMILES string of the molecule is Cc1cc(Br)c2c(c1)c(=O)oc(=O)n2CCCCOc1cc(C)c(Cl)c(C)c1. The lowest BCUT2D eigenvalue weighted by molar-refractivity contribution is 0.300. The lowest BCUT2D eigenvalue weighted by Crippen LogP contribution is -2.25. The van der Waals surface area contributed by atoms with Crippen LogP contribution in [0.3, 0.4) is 0 Å². The second-order valence-electron chi connectivity index (χ2n) is 6.88. The van der Waals surface area contributed by atoms with Gasteiger partial charge in [0.1, 0.15) is 5.75 Å². The molecule has 0 aliphatic heterocycles. The fraction of sp³-hybridized carbons (Fsp3) is 0.333. The van der Waals surface area contributed by atoms with Crippen molar-refractivity contribution in [2.75, 3.05) is 6.61 Å². The van der Waals surface area contributed by atoms with E-state index in [0.29, 0.717) is 34.9 Å². The number of nitrogens with zero attached hydrogens (tertiary/aromatic N) is 1. The van der Waals surface area contributed by atoms with Crippen molar-refractivity contribution in [3.63, 3.8) is 0 Å². The lowest BCUT2D eigenvalue weighted by Gasteiger charge is -2.12. The number of halogens is 2. The van der Waals surface area contributed by atoms with Crippen LogP contribution in [0.25, 0.3) is 10.9 Å². The van der Waals surface area contributed by atoms with Gasteiger partial charge in [-0.15, -0.1) is 0 Å². The Labute approximate surface area is 176 Å². The van der Waals surface area contributed by atoms with Crippen molar-refractivity contribution in [3.8, 4) is 5.75 Å². The van der Waals surface area contributed by atoms with Crippen LogP contribution in [0.15, 0.2) is 42.7 Å². The van der Waals surface area contributed by atoms with Crippen molar-refractivity contribution in [1.29, 1.82) is 0 Å². The highest BCUT2D eigenvalue weighted by Crippen LogP contribution is 2.26. The van der Waals surface area contributed by atoms with Crippen LogP contribution in [0.4, 0.5) is 0 Å². The fourth-order valence-electron chi connectivity index (χ4n) is 3.20. The summed E-state index contributed by atoms with van der Waals surface area (Å²) >= 11 is 9.64. The molecule has 3 rings (SSSR count). The van der Waals surface area contributed by atoms with E-state index in [-0.39, 0.29) is 0 Å². The van der Waals surface area contributed by atoms with E-state index in [0.717, 1.165) is 33.9 Å². The standard InChI is InChI=1S/C21H21BrClNO4/c1-12-8-16-19(17(22)9-12)24(21(26)28-20(16)25)6-4-5-7-27-15-10-13(2)18(23)14(3)11-15/h8-11H,4-7H2,1-3H3. The van der Waals surface area contributed by atoms with Crippen molar-refractivity contribution in [2.45, 2.75) is 40.2 Å². The Morgan fingerprint density at radius 3 is 2.43 bits per heavy atom. The van der Waals surface area contributed by atoms with Crippen molar-refractivity contribution < 1.29 is 9.15 Å². The minimum atomic E-state index is -0.646. The van der Waals surface area contributed by atoms with Gasteiger partial charge in [0, 0.05) is 16.0 Å². The van der Waals surface area contributed by atoms with Gasteiger partial charge in [0.2, 0.25) is 0 Å². The molecule has 5 nitrogen and oxygen atoms in total. The van der Waals surface area contributed by atoms with Gasteiger partial charge >= 0.3 is 11.4 Å². The maximum Gasteiger partial charge on any atom is 0.422 e. The zero-order chi connectivity index (χ0) is 20.4. The molecular formula is C21H21BrClNO4. The van der Waals surface area contributed by atoms with Crippen LogP contribution in [-0.2, 0) is 6.54 Å². The molecule has 0 fully saturated rings. The van der Waals surface area contributed by atoms with Gasteiger partial charge in [-0.2, -0.15) is 0 Å². The third-order valence-corrected chi connectivity index (χ3v) is 5.75. The summed E-state index contributed by atoms with van der Waals surface area (Å²) in [5, 5.41) is 1.15. The molecule has 2 aromatic carbocycles. The molecule has 0 spiro atoms. The van der Waals surface area contributed by atoms with Crippen LogP contribution in [0, 0.1) is 20.8 Å². The summed E-state index contributed by atoms with van der Waals surface area (Å²) in [5.74, 6) is 0.137. The van der Waals surface area contributed by atoms with Gasteiger partial charge in [0.15, 0.2) is 0 Å². The number of hydrogen-bond donors (Lipinski definition) is 0. The summed E-state index contributed by atoms with van der Waals surface area (Å²) in [5.41, 5.74) is 2.83. The molecule has 148 valence electrons. The number of hydrogen-bond acceptors (Lipinski definition) is 4. The lowest BCUT2D eigenvalue weighted by atomic mass is 10.1. The van der Waals surface area contributed by atoms with E-state index in [9.17, 15) is 9.59 Å². The van der Waals surface area contributed by atoms with E-state index in [4.69, 9.17) is 20.8 Å². The molecular weight excluding hydrogens is 446 g/mol. The highest BCUT2D eigenvalue weighted by Gasteiger charge is 2.13. The van der Waals surface area contributed by atoms with Gasteiger partial charge in [0.25, 0.3) is 0 Å². The summed E-state index contributed by atoms with van der Waals surface area (Å²) in [7, 11) is 0. The summed E-state index contributed by atoms with van der Waals surface area (Å²) in [6, 6.07) is 7.44.